The molecule has 1 aromatic carbocycles. The minimum Gasteiger partial charge on any atom is -0.444 e. The molecule has 0 aliphatic heterocycles. The van der Waals surface area contributed by atoms with Crippen LogP contribution in [-0.4, -0.2) is 33.9 Å². The highest BCUT2D eigenvalue weighted by Gasteiger charge is 2.24. The molecule has 0 unspecified atom stereocenters. The smallest absolute Gasteiger partial charge is 0.408 e. The van der Waals surface area contributed by atoms with Crippen LogP contribution in [-0.2, 0) is 10.5 Å². The van der Waals surface area contributed by atoms with E-state index in [-0.39, 0.29) is 6.04 Å². The summed E-state index contributed by atoms with van der Waals surface area (Å²) in [5, 5.41) is 11.6. The Kier molecular flexibility index (Phi) is 8.04. The number of rotatable bonds is 8. The molecule has 1 atom stereocenters. The van der Waals surface area contributed by atoms with Gasteiger partial charge in [-0.1, -0.05) is 41.6 Å². The molecule has 6 nitrogen and oxygen atoms in total. The van der Waals surface area contributed by atoms with Gasteiger partial charge in [-0.05, 0) is 51.7 Å². The first-order valence-corrected chi connectivity index (χ1v) is 11.1. The van der Waals surface area contributed by atoms with Crippen molar-refractivity contribution in [1.82, 2.24) is 15.5 Å². The third kappa shape index (κ3) is 7.84. The number of hydrogen-bond acceptors (Lipinski definition) is 7. The summed E-state index contributed by atoms with van der Waals surface area (Å²) in [5.74, 6) is 2.01. The molecule has 0 fully saturated rings. The lowest BCUT2D eigenvalue weighted by Gasteiger charge is -2.22. The van der Waals surface area contributed by atoms with Crippen LogP contribution in [0.2, 0.25) is 0 Å². The standard InChI is InChI=1S/C19H27N3O3S2/c1-13-6-8-14(9-7-13)12-27-18-22-21-16(24-18)15(10-11-26-5)20-17(23)25-19(2,3)4/h6-9,15H,10-12H2,1-5H3,(H,20,23)/t15-/m0/s1. The second-order valence-electron chi connectivity index (χ2n) is 7.16. The van der Waals surface area contributed by atoms with Crippen molar-refractivity contribution in [3.05, 3.63) is 41.3 Å². The van der Waals surface area contributed by atoms with Gasteiger partial charge in [-0.3, -0.25) is 0 Å². The van der Waals surface area contributed by atoms with Crippen LogP contribution in [0.1, 0.15) is 50.3 Å². The lowest BCUT2D eigenvalue weighted by Crippen LogP contribution is -2.35. The highest BCUT2D eigenvalue weighted by Crippen LogP contribution is 2.25. The fourth-order valence-corrected chi connectivity index (χ4v) is 3.39. The Hall–Kier alpha value is -1.67. The van der Waals surface area contributed by atoms with E-state index in [2.05, 4.69) is 46.7 Å². The molecule has 1 aromatic heterocycles. The van der Waals surface area contributed by atoms with E-state index in [1.807, 2.05) is 27.0 Å². The maximum Gasteiger partial charge on any atom is 0.408 e. The summed E-state index contributed by atoms with van der Waals surface area (Å²) in [6.45, 7) is 7.55. The molecule has 0 saturated heterocycles. The molecule has 1 amide bonds. The first kappa shape index (κ1) is 21.6. The summed E-state index contributed by atoms with van der Waals surface area (Å²) in [6.07, 6.45) is 2.21. The zero-order chi connectivity index (χ0) is 19.9. The van der Waals surface area contributed by atoms with Crippen LogP contribution in [0.25, 0.3) is 0 Å². The number of alkyl carbamates (subject to hydrolysis) is 1. The molecule has 0 bridgehead atoms. The summed E-state index contributed by atoms with van der Waals surface area (Å²) < 4.78 is 11.1. The summed E-state index contributed by atoms with van der Waals surface area (Å²) in [6, 6.07) is 7.97. The fraction of sp³-hybridized carbons (Fsp3) is 0.526. The molecule has 1 N–H and O–H groups in total. The Bertz CT molecular complexity index is 727. The van der Waals surface area contributed by atoms with Crippen LogP contribution in [0, 0.1) is 6.92 Å². The highest BCUT2D eigenvalue weighted by molar-refractivity contribution is 7.98. The van der Waals surface area contributed by atoms with Crippen molar-refractivity contribution < 1.29 is 13.9 Å². The van der Waals surface area contributed by atoms with Crippen molar-refractivity contribution in [2.75, 3.05) is 12.0 Å². The minimum absolute atomic E-state index is 0.367. The number of hydrogen-bond donors (Lipinski definition) is 1. The van der Waals surface area contributed by atoms with Gasteiger partial charge in [0, 0.05) is 5.75 Å². The number of carbonyl (C=O) groups excluding carboxylic acids is 1. The van der Waals surface area contributed by atoms with Crippen molar-refractivity contribution >= 4 is 29.6 Å². The predicted octanol–water partition coefficient (Wildman–Crippen LogP) is 4.99. The molecule has 0 aliphatic rings. The van der Waals surface area contributed by atoms with Crippen LogP contribution in [0.4, 0.5) is 4.79 Å². The monoisotopic (exact) mass is 409 g/mol. The lowest BCUT2D eigenvalue weighted by atomic mass is 10.2. The Morgan fingerprint density at radius 1 is 1.26 bits per heavy atom. The molecule has 0 radical (unpaired) electrons. The van der Waals surface area contributed by atoms with Crippen LogP contribution in [0.15, 0.2) is 33.9 Å². The Morgan fingerprint density at radius 2 is 1.96 bits per heavy atom. The van der Waals surface area contributed by atoms with Gasteiger partial charge >= 0.3 is 6.09 Å². The van der Waals surface area contributed by atoms with Crippen molar-refractivity contribution in [2.24, 2.45) is 0 Å². The van der Waals surface area contributed by atoms with Gasteiger partial charge in [0.15, 0.2) is 0 Å². The normalized spacial score (nSPS) is 12.6. The van der Waals surface area contributed by atoms with Crippen LogP contribution in [0.5, 0.6) is 0 Å². The van der Waals surface area contributed by atoms with Gasteiger partial charge in [0.25, 0.3) is 5.22 Å². The van der Waals surface area contributed by atoms with Gasteiger partial charge in [0.2, 0.25) is 5.89 Å². The van der Waals surface area contributed by atoms with Gasteiger partial charge in [-0.15, -0.1) is 10.2 Å². The van der Waals surface area contributed by atoms with E-state index in [4.69, 9.17) is 9.15 Å². The van der Waals surface area contributed by atoms with E-state index in [0.717, 1.165) is 11.5 Å². The molecular formula is C19H27N3O3S2. The Labute approximate surface area is 169 Å². The molecule has 0 spiro atoms. The van der Waals surface area contributed by atoms with E-state index in [9.17, 15) is 4.79 Å². The van der Waals surface area contributed by atoms with Crippen LogP contribution < -0.4 is 5.32 Å². The Morgan fingerprint density at radius 3 is 2.59 bits per heavy atom. The van der Waals surface area contributed by atoms with E-state index < -0.39 is 11.7 Å². The fourth-order valence-electron chi connectivity index (χ4n) is 2.19. The number of benzene rings is 1. The van der Waals surface area contributed by atoms with Gasteiger partial charge < -0.3 is 14.5 Å². The van der Waals surface area contributed by atoms with Gasteiger partial charge in [0.05, 0.1) is 0 Å². The second-order valence-corrected chi connectivity index (χ2v) is 9.07. The number of ether oxygens (including phenoxy) is 1. The first-order chi connectivity index (χ1) is 12.8. The molecule has 8 heteroatoms. The maximum absolute atomic E-state index is 12.1. The quantitative estimate of drug-likeness (QED) is 0.615. The SMILES string of the molecule is CSCC[C@H](NC(=O)OC(C)(C)C)c1nnc(SCc2ccc(C)cc2)o1. The second kappa shape index (κ2) is 10.0. The van der Waals surface area contributed by atoms with Gasteiger partial charge in [0.1, 0.15) is 11.6 Å². The van der Waals surface area contributed by atoms with Crippen molar-refractivity contribution in [1.29, 1.82) is 0 Å². The zero-order valence-electron chi connectivity index (χ0n) is 16.4. The highest BCUT2D eigenvalue weighted by atomic mass is 32.2. The summed E-state index contributed by atoms with van der Waals surface area (Å²) >= 11 is 3.17. The largest absolute Gasteiger partial charge is 0.444 e. The predicted molar refractivity (Wildman–Crippen MR) is 110 cm³/mol. The van der Waals surface area contributed by atoms with Crippen molar-refractivity contribution in [3.8, 4) is 0 Å². The maximum atomic E-state index is 12.1. The number of amides is 1. The summed E-state index contributed by atoms with van der Waals surface area (Å²) in [7, 11) is 0. The molecule has 1 heterocycles. The molecule has 2 rings (SSSR count). The number of nitrogens with one attached hydrogen (secondary N) is 1. The minimum atomic E-state index is -0.558. The number of nitrogens with zero attached hydrogens (tertiary/aromatic N) is 2. The zero-order valence-corrected chi connectivity index (χ0v) is 18.1. The third-order valence-electron chi connectivity index (χ3n) is 3.50. The van der Waals surface area contributed by atoms with Crippen molar-refractivity contribution in [2.45, 2.75) is 56.7 Å². The lowest BCUT2D eigenvalue weighted by molar-refractivity contribution is 0.0493. The van der Waals surface area contributed by atoms with E-state index >= 15 is 0 Å². The number of carbonyl (C=O) groups is 1. The first-order valence-electron chi connectivity index (χ1n) is 8.77. The van der Waals surface area contributed by atoms with Crippen LogP contribution in [0.3, 0.4) is 0 Å². The van der Waals surface area contributed by atoms with Gasteiger partial charge in [-0.25, -0.2) is 4.79 Å². The molecule has 2 aromatic rings. The third-order valence-corrected chi connectivity index (χ3v) is 5.04. The average Bonchev–Trinajstić information content (AvgIpc) is 3.05. The molecular weight excluding hydrogens is 382 g/mol. The molecule has 0 aliphatic carbocycles. The van der Waals surface area contributed by atoms with E-state index in [1.165, 1.54) is 22.9 Å². The summed E-state index contributed by atoms with van der Waals surface area (Å²) in [5.41, 5.74) is 1.86. The number of aromatic nitrogens is 2. The van der Waals surface area contributed by atoms with Crippen LogP contribution >= 0.6 is 23.5 Å². The Balaban J connectivity index is 1.99. The molecule has 148 valence electrons. The molecule has 27 heavy (non-hydrogen) atoms. The van der Waals surface area contributed by atoms with Crippen molar-refractivity contribution in [3.63, 3.8) is 0 Å². The number of aryl methyl sites for hydroxylation is 1. The molecule has 0 saturated carbocycles. The topological polar surface area (TPSA) is 77.2 Å². The average molecular weight is 410 g/mol. The van der Waals surface area contributed by atoms with E-state index in [0.29, 0.717) is 17.5 Å². The summed E-state index contributed by atoms with van der Waals surface area (Å²) in [4.78, 5) is 12.1. The van der Waals surface area contributed by atoms with E-state index in [1.54, 1.807) is 11.8 Å². The van der Waals surface area contributed by atoms with Gasteiger partial charge in [-0.2, -0.15) is 11.8 Å². The number of thioether (sulfide) groups is 2.